The molecular formula is C26H22FN3O2. The number of amides is 1. The van der Waals surface area contributed by atoms with Crippen LogP contribution in [0.4, 0.5) is 4.39 Å². The Morgan fingerprint density at radius 3 is 2.59 bits per heavy atom. The van der Waals surface area contributed by atoms with Gasteiger partial charge in [0.15, 0.2) is 0 Å². The molecule has 0 saturated heterocycles. The van der Waals surface area contributed by atoms with E-state index in [1.807, 2.05) is 48.5 Å². The summed E-state index contributed by atoms with van der Waals surface area (Å²) < 4.78 is 18.8. The number of nitrogens with one attached hydrogen (secondary N) is 1. The van der Waals surface area contributed by atoms with Gasteiger partial charge in [-0.3, -0.25) is 14.8 Å². The van der Waals surface area contributed by atoms with Crippen LogP contribution in [0.25, 0.3) is 11.3 Å². The van der Waals surface area contributed by atoms with E-state index < -0.39 is 0 Å². The lowest BCUT2D eigenvalue weighted by atomic mass is 10.1. The molecule has 2 aromatic carbocycles. The number of carbonyl (C=O) groups excluding carboxylic acids is 1. The molecule has 2 aromatic heterocycles. The molecule has 0 fully saturated rings. The molecule has 6 heteroatoms. The van der Waals surface area contributed by atoms with Crippen molar-refractivity contribution in [2.75, 3.05) is 0 Å². The maximum Gasteiger partial charge on any atom is 0.220 e. The third kappa shape index (κ3) is 5.98. The number of aryl methyl sites for hydroxylation is 1. The third-order valence-corrected chi connectivity index (χ3v) is 4.86. The summed E-state index contributed by atoms with van der Waals surface area (Å²) in [5.41, 5.74) is 3.72. The van der Waals surface area contributed by atoms with Gasteiger partial charge in [0.1, 0.15) is 17.3 Å². The minimum absolute atomic E-state index is 0.0328. The maximum atomic E-state index is 13.0. The van der Waals surface area contributed by atoms with Crippen LogP contribution in [0.5, 0.6) is 11.5 Å². The van der Waals surface area contributed by atoms with E-state index in [1.54, 1.807) is 30.7 Å². The van der Waals surface area contributed by atoms with E-state index >= 15 is 0 Å². The largest absolute Gasteiger partial charge is 0.457 e. The van der Waals surface area contributed by atoms with Crippen LogP contribution in [0, 0.1) is 5.82 Å². The Balaban J connectivity index is 1.28. The van der Waals surface area contributed by atoms with E-state index in [0.717, 1.165) is 22.4 Å². The van der Waals surface area contributed by atoms with Crippen molar-refractivity contribution in [2.45, 2.75) is 19.4 Å². The van der Waals surface area contributed by atoms with Crippen molar-refractivity contribution in [3.05, 3.63) is 108 Å². The number of benzene rings is 2. The van der Waals surface area contributed by atoms with Crippen LogP contribution in [-0.4, -0.2) is 15.9 Å². The molecule has 0 saturated carbocycles. The molecule has 4 rings (SSSR count). The Bertz CT molecular complexity index is 1180. The predicted octanol–water partition coefficient (Wildman–Crippen LogP) is 5.32. The Labute approximate surface area is 185 Å². The molecule has 160 valence electrons. The zero-order chi connectivity index (χ0) is 22.2. The number of carbonyl (C=O) groups is 1. The molecule has 32 heavy (non-hydrogen) atoms. The minimum Gasteiger partial charge on any atom is -0.457 e. The van der Waals surface area contributed by atoms with Gasteiger partial charge in [-0.05, 0) is 78.2 Å². The number of hydrogen-bond donors (Lipinski definition) is 1. The molecule has 0 atom stereocenters. The van der Waals surface area contributed by atoms with E-state index in [9.17, 15) is 9.18 Å². The average molecular weight is 427 g/mol. The standard InChI is InChI=1S/C26H22FN3O2/c27-22-7-9-23(10-8-22)32-24-5-1-3-19(15-24)6-11-26(31)30-17-20-12-14-29-25(16-20)21-4-2-13-28-18-21/h1-5,7-10,12-16,18H,6,11,17H2,(H,30,31). The number of pyridine rings is 2. The summed E-state index contributed by atoms with van der Waals surface area (Å²) in [6.45, 7) is 0.433. The summed E-state index contributed by atoms with van der Waals surface area (Å²) in [5, 5.41) is 2.96. The van der Waals surface area contributed by atoms with E-state index in [4.69, 9.17) is 4.74 Å². The molecule has 1 N–H and O–H groups in total. The van der Waals surface area contributed by atoms with E-state index in [0.29, 0.717) is 30.9 Å². The second-order valence-corrected chi connectivity index (χ2v) is 7.27. The molecule has 4 aromatic rings. The Hall–Kier alpha value is -4.06. The highest BCUT2D eigenvalue weighted by Crippen LogP contribution is 2.23. The molecule has 2 heterocycles. The van der Waals surface area contributed by atoms with Crippen LogP contribution in [-0.2, 0) is 17.8 Å². The molecule has 0 spiro atoms. The SMILES string of the molecule is O=C(CCc1cccc(Oc2ccc(F)cc2)c1)NCc1ccnc(-c2cccnc2)c1. The van der Waals surface area contributed by atoms with Crippen LogP contribution < -0.4 is 10.1 Å². The number of ether oxygens (including phenoxy) is 1. The van der Waals surface area contributed by atoms with Gasteiger partial charge >= 0.3 is 0 Å². The zero-order valence-corrected chi connectivity index (χ0v) is 17.4. The van der Waals surface area contributed by atoms with Crippen molar-refractivity contribution in [2.24, 2.45) is 0 Å². The fourth-order valence-corrected chi connectivity index (χ4v) is 3.21. The first-order valence-corrected chi connectivity index (χ1v) is 10.3. The maximum absolute atomic E-state index is 13.0. The predicted molar refractivity (Wildman–Crippen MR) is 121 cm³/mol. The molecule has 5 nitrogen and oxygen atoms in total. The van der Waals surface area contributed by atoms with Crippen LogP contribution in [0.15, 0.2) is 91.4 Å². The zero-order valence-electron chi connectivity index (χ0n) is 17.4. The van der Waals surface area contributed by atoms with Gasteiger partial charge in [0, 0.05) is 37.1 Å². The highest BCUT2D eigenvalue weighted by molar-refractivity contribution is 5.76. The fraction of sp³-hybridized carbons (Fsp3) is 0.115. The summed E-state index contributed by atoms with van der Waals surface area (Å²) in [7, 11) is 0. The van der Waals surface area contributed by atoms with Crippen molar-refractivity contribution in [1.82, 2.24) is 15.3 Å². The summed E-state index contributed by atoms with van der Waals surface area (Å²) in [5.74, 6) is 0.866. The van der Waals surface area contributed by atoms with Gasteiger partial charge in [0.05, 0.1) is 5.69 Å². The monoisotopic (exact) mass is 427 g/mol. The van der Waals surface area contributed by atoms with Crippen LogP contribution in [0.2, 0.25) is 0 Å². The normalized spacial score (nSPS) is 10.5. The molecule has 0 aliphatic heterocycles. The van der Waals surface area contributed by atoms with Gasteiger partial charge in [-0.25, -0.2) is 4.39 Å². The lowest BCUT2D eigenvalue weighted by Gasteiger charge is -2.09. The lowest BCUT2D eigenvalue weighted by Crippen LogP contribution is -2.23. The molecule has 0 unspecified atom stereocenters. The fourth-order valence-electron chi connectivity index (χ4n) is 3.21. The first-order valence-electron chi connectivity index (χ1n) is 10.3. The Morgan fingerprint density at radius 1 is 0.906 bits per heavy atom. The van der Waals surface area contributed by atoms with Crippen molar-refractivity contribution in [3.8, 4) is 22.8 Å². The topological polar surface area (TPSA) is 64.1 Å². The number of aromatic nitrogens is 2. The van der Waals surface area contributed by atoms with Gasteiger partial charge in [0.25, 0.3) is 0 Å². The number of halogens is 1. The Kier molecular flexibility index (Phi) is 6.82. The molecule has 0 radical (unpaired) electrons. The lowest BCUT2D eigenvalue weighted by molar-refractivity contribution is -0.121. The average Bonchev–Trinajstić information content (AvgIpc) is 2.84. The van der Waals surface area contributed by atoms with Crippen LogP contribution in [0.1, 0.15) is 17.5 Å². The van der Waals surface area contributed by atoms with E-state index in [-0.39, 0.29) is 11.7 Å². The van der Waals surface area contributed by atoms with Crippen LogP contribution in [0.3, 0.4) is 0 Å². The minimum atomic E-state index is -0.308. The van der Waals surface area contributed by atoms with Crippen molar-refractivity contribution in [3.63, 3.8) is 0 Å². The van der Waals surface area contributed by atoms with Gasteiger partial charge in [-0.1, -0.05) is 12.1 Å². The van der Waals surface area contributed by atoms with Crippen molar-refractivity contribution >= 4 is 5.91 Å². The van der Waals surface area contributed by atoms with E-state index in [1.165, 1.54) is 12.1 Å². The van der Waals surface area contributed by atoms with E-state index in [2.05, 4.69) is 15.3 Å². The van der Waals surface area contributed by atoms with Gasteiger partial charge in [-0.2, -0.15) is 0 Å². The molecule has 0 aliphatic carbocycles. The van der Waals surface area contributed by atoms with Crippen LogP contribution >= 0.6 is 0 Å². The second-order valence-electron chi connectivity index (χ2n) is 7.27. The highest BCUT2D eigenvalue weighted by atomic mass is 19.1. The smallest absolute Gasteiger partial charge is 0.220 e. The molecule has 0 bridgehead atoms. The molecular weight excluding hydrogens is 405 g/mol. The number of hydrogen-bond acceptors (Lipinski definition) is 4. The number of nitrogens with zero attached hydrogens (tertiary/aromatic N) is 2. The summed E-state index contributed by atoms with van der Waals surface area (Å²) in [6.07, 6.45) is 6.16. The molecule has 1 amide bonds. The third-order valence-electron chi connectivity index (χ3n) is 4.86. The summed E-state index contributed by atoms with van der Waals surface area (Å²) in [6, 6.07) is 21.1. The van der Waals surface area contributed by atoms with Gasteiger partial charge in [-0.15, -0.1) is 0 Å². The molecule has 0 aliphatic rings. The Morgan fingerprint density at radius 2 is 1.78 bits per heavy atom. The van der Waals surface area contributed by atoms with Crippen molar-refractivity contribution in [1.29, 1.82) is 0 Å². The van der Waals surface area contributed by atoms with Gasteiger partial charge in [0.2, 0.25) is 5.91 Å². The van der Waals surface area contributed by atoms with Crippen molar-refractivity contribution < 1.29 is 13.9 Å². The first kappa shape index (κ1) is 21.2. The first-order chi connectivity index (χ1) is 15.7. The number of rotatable bonds is 8. The highest BCUT2D eigenvalue weighted by Gasteiger charge is 2.06. The summed E-state index contributed by atoms with van der Waals surface area (Å²) >= 11 is 0. The second kappa shape index (κ2) is 10.3. The quantitative estimate of drug-likeness (QED) is 0.413. The van der Waals surface area contributed by atoms with Gasteiger partial charge < -0.3 is 10.1 Å². The summed E-state index contributed by atoms with van der Waals surface area (Å²) in [4.78, 5) is 20.8.